The van der Waals surface area contributed by atoms with Crippen molar-refractivity contribution in [2.75, 3.05) is 0 Å². The number of alkyl halides is 2. The van der Waals surface area contributed by atoms with E-state index in [-0.39, 0.29) is 17.3 Å². The van der Waals surface area contributed by atoms with Crippen LogP contribution >= 0.6 is 0 Å². The van der Waals surface area contributed by atoms with Crippen LogP contribution in [-0.2, 0) is 5.92 Å². The summed E-state index contributed by atoms with van der Waals surface area (Å²) in [5, 5.41) is 3.88. The quantitative estimate of drug-likeness (QED) is 0.860. The lowest BCUT2D eigenvalue weighted by atomic mass is 10.2. The van der Waals surface area contributed by atoms with Gasteiger partial charge in [-0.2, -0.15) is 18.3 Å². The van der Waals surface area contributed by atoms with Gasteiger partial charge in [0, 0.05) is 19.2 Å². The Morgan fingerprint density at radius 1 is 1.32 bits per heavy atom. The van der Waals surface area contributed by atoms with Crippen LogP contribution in [0.15, 0.2) is 18.5 Å². The third-order valence-corrected chi connectivity index (χ3v) is 2.55. The van der Waals surface area contributed by atoms with Gasteiger partial charge in [0.2, 0.25) is 5.95 Å². The van der Waals surface area contributed by atoms with Crippen molar-refractivity contribution in [1.29, 1.82) is 0 Å². The Kier molecular flexibility index (Phi) is 3.30. The first-order chi connectivity index (χ1) is 8.80. The Bertz CT molecular complexity index is 587. The first-order valence-electron chi connectivity index (χ1n) is 5.75. The van der Waals surface area contributed by atoms with Gasteiger partial charge < -0.3 is 0 Å². The van der Waals surface area contributed by atoms with Gasteiger partial charge in [0.25, 0.3) is 0 Å². The summed E-state index contributed by atoms with van der Waals surface area (Å²) in [6, 6.07) is 1.21. The highest BCUT2D eigenvalue weighted by Gasteiger charge is 2.29. The molecule has 0 fully saturated rings. The molecular weight excluding hydrogens is 257 g/mol. The lowest BCUT2D eigenvalue weighted by Gasteiger charge is -2.09. The highest BCUT2D eigenvalue weighted by Crippen LogP contribution is 2.27. The molecule has 0 aliphatic heterocycles. The van der Waals surface area contributed by atoms with Crippen LogP contribution in [0.4, 0.5) is 13.2 Å². The van der Waals surface area contributed by atoms with E-state index in [0.717, 1.165) is 0 Å². The van der Waals surface area contributed by atoms with Crippen molar-refractivity contribution < 1.29 is 13.2 Å². The molecule has 0 aliphatic rings. The molecule has 0 aliphatic carbocycles. The maximum atomic E-state index is 14.0. The smallest absolute Gasteiger partial charge is 0.236 e. The van der Waals surface area contributed by atoms with Crippen LogP contribution in [0.2, 0.25) is 0 Å². The summed E-state index contributed by atoms with van der Waals surface area (Å²) < 4.78 is 41.5. The fourth-order valence-electron chi connectivity index (χ4n) is 1.60. The van der Waals surface area contributed by atoms with Crippen molar-refractivity contribution in [2.24, 2.45) is 0 Å². The van der Waals surface area contributed by atoms with Crippen molar-refractivity contribution in [3.8, 4) is 11.3 Å². The summed E-state index contributed by atoms with van der Waals surface area (Å²) >= 11 is 0. The maximum Gasteiger partial charge on any atom is 0.303 e. The number of hydrogen-bond donors (Lipinski definition) is 0. The van der Waals surface area contributed by atoms with Crippen molar-refractivity contribution in [1.82, 2.24) is 19.7 Å². The van der Waals surface area contributed by atoms with Crippen LogP contribution in [0, 0.1) is 5.95 Å². The molecule has 0 unspecified atom stereocenters. The number of aromatic nitrogens is 4. The number of hydrogen-bond acceptors (Lipinski definition) is 3. The number of halogens is 3. The highest BCUT2D eigenvalue weighted by molar-refractivity contribution is 5.57. The van der Waals surface area contributed by atoms with Gasteiger partial charge in [0.05, 0.1) is 17.5 Å². The van der Waals surface area contributed by atoms with E-state index in [4.69, 9.17) is 0 Å². The van der Waals surface area contributed by atoms with E-state index >= 15 is 0 Å². The zero-order valence-electron chi connectivity index (χ0n) is 10.7. The summed E-state index contributed by atoms with van der Waals surface area (Å²) in [7, 11) is 0. The Balaban J connectivity index is 2.48. The first-order valence-corrected chi connectivity index (χ1v) is 5.75. The third kappa shape index (κ3) is 2.59. The van der Waals surface area contributed by atoms with Gasteiger partial charge in [-0.3, -0.25) is 0 Å². The molecule has 0 saturated heterocycles. The van der Waals surface area contributed by atoms with Gasteiger partial charge in [-0.1, -0.05) is 0 Å². The van der Waals surface area contributed by atoms with Crippen molar-refractivity contribution >= 4 is 0 Å². The van der Waals surface area contributed by atoms with E-state index in [0.29, 0.717) is 6.92 Å². The molecule has 4 nitrogen and oxygen atoms in total. The molecule has 7 heteroatoms. The molecule has 2 aromatic rings. The van der Waals surface area contributed by atoms with Gasteiger partial charge in [-0.25, -0.2) is 14.6 Å². The molecule has 0 spiro atoms. The van der Waals surface area contributed by atoms with E-state index < -0.39 is 17.7 Å². The van der Waals surface area contributed by atoms with Gasteiger partial charge in [-0.15, -0.1) is 0 Å². The molecule has 0 atom stereocenters. The average Bonchev–Trinajstić information content (AvgIpc) is 2.70. The van der Waals surface area contributed by atoms with Crippen LogP contribution in [0.1, 0.15) is 32.6 Å². The number of nitrogens with zero attached hydrogens (tertiary/aromatic N) is 4. The minimum atomic E-state index is -3.17. The molecule has 2 aromatic heterocycles. The highest BCUT2D eigenvalue weighted by atomic mass is 19.3. The van der Waals surface area contributed by atoms with Gasteiger partial charge in [0.1, 0.15) is 0 Å². The monoisotopic (exact) mass is 270 g/mol. The van der Waals surface area contributed by atoms with Crippen LogP contribution < -0.4 is 0 Å². The molecule has 2 heterocycles. The normalized spacial score (nSPS) is 12.2. The van der Waals surface area contributed by atoms with Crippen LogP contribution in [0.5, 0.6) is 0 Å². The predicted octanol–water partition coefficient (Wildman–Crippen LogP) is 3.17. The van der Waals surface area contributed by atoms with Crippen LogP contribution in [0.3, 0.4) is 0 Å². The minimum Gasteiger partial charge on any atom is -0.236 e. The molecule has 0 aromatic carbocycles. The topological polar surface area (TPSA) is 43.6 Å². The Labute approximate surface area is 108 Å². The Hall–Kier alpha value is -1.92. The largest absolute Gasteiger partial charge is 0.303 e. The van der Waals surface area contributed by atoms with E-state index in [1.807, 2.05) is 0 Å². The van der Waals surface area contributed by atoms with Gasteiger partial charge in [-0.05, 0) is 19.9 Å². The van der Waals surface area contributed by atoms with E-state index in [9.17, 15) is 13.2 Å². The van der Waals surface area contributed by atoms with Crippen molar-refractivity contribution in [3.05, 3.63) is 30.2 Å². The third-order valence-electron chi connectivity index (χ3n) is 2.55. The lowest BCUT2D eigenvalue weighted by molar-refractivity contribution is 0.00779. The summed E-state index contributed by atoms with van der Waals surface area (Å²) in [5.74, 6) is -4.40. The van der Waals surface area contributed by atoms with Crippen molar-refractivity contribution in [2.45, 2.75) is 32.7 Å². The Morgan fingerprint density at radius 3 is 2.53 bits per heavy atom. The predicted molar refractivity (Wildman–Crippen MR) is 63.2 cm³/mol. The second kappa shape index (κ2) is 4.64. The SMILES string of the molecule is CC(C)n1ncc(-c2ccnc(C(C)(F)F)n2)c1F. The standard InChI is InChI=1S/C12H13F3N4/c1-7(2)19-10(13)8(6-17-19)9-4-5-16-11(18-9)12(3,14)15/h4-7H,1-3H3. The maximum absolute atomic E-state index is 14.0. The summed E-state index contributed by atoms with van der Waals surface area (Å²) in [4.78, 5) is 7.19. The summed E-state index contributed by atoms with van der Waals surface area (Å²) in [6.45, 7) is 4.23. The van der Waals surface area contributed by atoms with E-state index in [1.54, 1.807) is 13.8 Å². The fraction of sp³-hybridized carbons (Fsp3) is 0.417. The summed E-state index contributed by atoms with van der Waals surface area (Å²) in [5.41, 5.74) is 0.178. The average molecular weight is 270 g/mol. The second-order valence-corrected chi connectivity index (χ2v) is 4.54. The van der Waals surface area contributed by atoms with E-state index in [2.05, 4.69) is 15.1 Å². The lowest BCUT2D eigenvalue weighted by Crippen LogP contribution is -2.12. The molecule has 0 N–H and O–H groups in total. The van der Waals surface area contributed by atoms with Gasteiger partial charge >= 0.3 is 5.92 Å². The van der Waals surface area contributed by atoms with Crippen LogP contribution in [-0.4, -0.2) is 19.7 Å². The van der Waals surface area contributed by atoms with E-state index in [1.165, 1.54) is 23.1 Å². The van der Waals surface area contributed by atoms with Crippen molar-refractivity contribution in [3.63, 3.8) is 0 Å². The minimum absolute atomic E-state index is 0.0848. The molecule has 0 saturated carbocycles. The van der Waals surface area contributed by atoms with Crippen LogP contribution in [0.25, 0.3) is 11.3 Å². The molecule has 0 bridgehead atoms. The zero-order valence-corrected chi connectivity index (χ0v) is 10.7. The molecule has 2 rings (SSSR count). The molecule has 0 radical (unpaired) electrons. The Morgan fingerprint density at radius 2 is 2.00 bits per heavy atom. The molecule has 19 heavy (non-hydrogen) atoms. The second-order valence-electron chi connectivity index (χ2n) is 4.54. The van der Waals surface area contributed by atoms with Gasteiger partial charge in [0.15, 0.2) is 5.82 Å². The molecule has 0 amide bonds. The number of rotatable bonds is 3. The first kappa shape index (κ1) is 13.5. The zero-order chi connectivity index (χ0) is 14.2. The fourth-order valence-corrected chi connectivity index (χ4v) is 1.60. The molecular formula is C12H13F3N4. The summed E-state index contributed by atoms with van der Waals surface area (Å²) in [6.07, 6.45) is 2.45. The molecule has 102 valence electrons.